The van der Waals surface area contributed by atoms with Crippen LogP contribution in [0.3, 0.4) is 0 Å². The minimum atomic E-state index is -3.03. The van der Waals surface area contributed by atoms with Crippen LogP contribution in [0.1, 0.15) is 6.23 Å². The zero-order valence-corrected chi connectivity index (χ0v) is 9.50. The first-order valence-corrected chi connectivity index (χ1v) is 5.45. The van der Waals surface area contributed by atoms with Crippen molar-refractivity contribution in [3.05, 3.63) is 33.1 Å². The van der Waals surface area contributed by atoms with Crippen LogP contribution in [0.4, 0.5) is 13.2 Å². The van der Waals surface area contributed by atoms with Crippen LogP contribution in [0.15, 0.2) is 21.9 Å². The fourth-order valence-electron chi connectivity index (χ4n) is 2.05. The summed E-state index contributed by atoms with van der Waals surface area (Å²) in [7, 11) is 0. The van der Waals surface area contributed by atoms with Crippen molar-refractivity contribution in [1.29, 1.82) is 0 Å². The quantitative estimate of drug-likeness (QED) is 0.792. The highest BCUT2D eigenvalue weighted by Gasteiger charge is 2.50. The van der Waals surface area contributed by atoms with Gasteiger partial charge in [-0.3, -0.25) is 14.3 Å². The molecule has 19 heavy (non-hydrogen) atoms. The molecular weight excluding hydrogens is 269 g/mol. The van der Waals surface area contributed by atoms with Gasteiger partial charge < -0.3 is 9.84 Å². The van der Waals surface area contributed by atoms with Crippen LogP contribution in [0, 0.1) is 5.92 Å². The lowest BCUT2D eigenvalue weighted by Crippen LogP contribution is -2.35. The summed E-state index contributed by atoms with van der Waals surface area (Å²) in [5, 5.41) is 8.91. The summed E-state index contributed by atoms with van der Waals surface area (Å²) in [6.45, 7) is -0.788. The second-order valence-corrected chi connectivity index (χ2v) is 4.12. The summed E-state index contributed by atoms with van der Waals surface area (Å²) in [5.41, 5.74) is -1.66. The van der Waals surface area contributed by atoms with E-state index in [2.05, 4.69) is 0 Å². The Morgan fingerprint density at radius 2 is 2.16 bits per heavy atom. The number of aliphatic hydroxyl groups excluding tert-OH is 1. The Labute approximate surface area is 104 Å². The van der Waals surface area contributed by atoms with Gasteiger partial charge in [0, 0.05) is 12.3 Å². The molecule has 0 saturated carbocycles. The van der Waals surface area contributed by atoms with Gasteiger partial charge in [-0.05, 0) is 0 Å². The molecule has 1 saturated heterocycles. The number of alkyl halides is 3. The Hall–Kier alpha value is -1.61. The average molecular weight is 280 g/mol. The molecule has 0 bridgehead atoms. The van der Waals surface area contributed by atoms with E-state index in [1.54, 1.807) is 0 Å². The first-order chi connectivity index (χ1) is 8.95. The molecule has 9 heteroatoms. The maximum absolute atomic E-state index is 13.9. The molecule has 2 rings (SSSR count). The number of halogens is 3. The third-order valence-corrected chi connectivity index (χ3v) is 2.98. The second kappa shape index (κ2) is 5.17. The molecule has 1 aliphatic heterocycles. The Morgan fingerprint density at radius 1 is 1.47 bits per heavy atom. The fraction of sp³-hybridized carbons (Fsp3) is 0.600. The second-order valence-electron chi connectivity index (χ2n) is 4.12. The number of aromatic nitrogens is 2. The highest BCUT2D eigenvalue weighted by Crippen LogP contribution is 2.38. The molecule has 0 aromatic carbocycles. The van der Waals surface area contributed by atoms with Gasteiger partial charge in [0.05, 0.1) is 18.6 Å². The van der Waals surface area contributed by atoms with E-state index >= 15 is 0 Å². The van der Waals surface area contributed by atoms with E-state index in [9.17, 15) is 22.8 Å². The summed E-state index contributed by atoms with van der Waals surface area (Å²) in [5.74, 6) is -1.83. The predicted octanol–water partition coefficient (Wildman–Crippen LogP) is -0.354. The van der Waals surface area contributed by atoms with Crippen molar-refractivity contribution >= 4 is 0 Å². The lowest BCUT2D eigenvalue weighted by molar-refractivity contribution is -0.0525. The molecule has 0 radical (unpaired) electrons. The third-order valence-electron chi connectivity index (χ3n) is 2.98. The molecule has 2 N–H and O–H groups in total. The van der Waals surface area contributed by atoms with E-state index in [1.807, 2.05) is 4.98 Å². The van der Waals surface area contributed by atoms with E-state index in [1.165, 1.54) is 0 Å². The summed E-state index contributed by atoms with van der Waals surface area (Å²) in [4.78, 5) is 24.2. The van der Waals surface area contributed by atoms with Crippen molar-refractivity contribution in [2.24, 2.45) is 5.92 Å². The third kappa shape index (κ3) is 2.43. The largest absolute Gasteiger partial charge is 0.394 e. The fourth-order valence-corrected chi connectivity index (χ4v) is 2.05. The highest BCUT2D eigenvalue weighted by atomic mass is 19.3. The number of nitrogens with one attached hydrogen (secondary N) is 1. The van der Waals surface area contributed by atoms with E-state index < -0.39 is 48.7 Å². The zero-order valence-electron chi connectivity index (χ0n) is 9.50. The summed E-state index contributed by atoms with van der Waals surface area (Å²) >= 11 is 0. The van der Waals surface area contributed by atoms with Crippen LogP contribution in [-0.2, 0) is 4.74 Å². The van der Waals surface area contributed by atoms with Crippen molar-refractivity contribution in [2.75, 3.05) is 6.61 Å². The van der Waals surface area contributed by atoms with Gasteiger partial charge >= 0.3 is 5.69 Å². The standard InChI is InChI=1S/C10H11F3N2O4/c11-7-6(8(12)13)4(3-16)19-9(7)15-2-1-5(17)14-10(15)18/h1-2,4,6-9,16H,3H2,(H,14,17,18)/t4-,6-,7-,9-/m1/s1. The molecule has 4 atom stereocenters. The van der Waals surface area contributed by atoms with Gasteiger partial charge in [-0.2, -0.15) is 0 Å². The van der Waals surface area contributed by atoms with E-state index in [0.717, 1.165) is 12.3 Å². The molecule has 2 heterocycles. The number of hydrogen-bond donors (Lipinski definition) is 2. The smallest absolute Gasteiger partial charge is 0.330 e. The first-order valence-electron chi connectivity index (χ1n) is 5.45. The van der Waals surface area contributed by atoms with Gasteiger partial charge in [0.2, 0.25) is 6.43 Å². The molecule has 0 spiro atoms. The molecule has 0 unspecified atom stereocenters. The summed E-state index contributed by atoms with van der Waals surface area (Å²) in [6.07, 6.45) is -7.24. The average Bonchev–Trinajstić information content (AvgIpc) is 2.66. The van der Waals surface area contributed by atoms with E-state index in [4.69, 9.17) is 9.84 Å². The molecule has 0 aliphatic carbocycles. The van der Waals surface area contributed by atoms with Crippen LogP contribution in [-0.4, -0.2) is 40.0 Å². The van der Waals surface area contributed by atoms with Crippen LogP contribution in [0.5, 0.6) is 0 Å². The Kier molecular flexibility index (Phi) is 3.76. The van der Waals surface area contributed by atoms with Crippen molar-refractivity contribution in [1.82, 2.24) is 9.55 Å². The maximum Gasteiger partial charge on any atom is 0.330 e. The number of rotatable bonds is 3. The van der Waals surface area contributed by atoms with Crippen LogP contribution < -0.4 is 11.2 Å². The molecule has 0 amide bonds. The maximum atomic E-state index is 13.9. The summed E-state index contributed by atoms with van der Waals surface area (Å²) in [6, 6.07) is 0.946. The first kappa shape index (κ1) is 13.8. The van der Waals surface area contributed by atoms with Gasteiger partial charge in [-0.15, -0.1) is 0 Å². The van der Waals surface area contributed by atoms with Crippen molar-refractivity contribution in [2.45, 2.75) is 24.9 Å². The van der Waals surface area contributed by atoms with Gasteiger partial charge in [0.1, 0.15) is 0 Å². The zero-order chi connectivity index (χ0) is 14.2. The number of ether oxygens (including phenoxy) is 1. The minimum Gasteiger partial charge on any atom is -0.394 e. The minimum absolute atomic E-state index is 0.678. The topological polar surface area (TPSA) is 84.3 Å². The van der Waals surface area contributed by atoms with Crippen molar-refractivity contribution < 1.29 is 23.0 Å². The number of aromatic amines is 1. The monoisotopic (exact) mass is 280 g/mol. The Balaban J connectivity index is 2.36. The molecule has 1 aliphatic rings. The van der Waals surface area contributed by atoms with Gasteiger partial charge in [0.25, 0.3) is 5.56 Å². The SMILES string of the molecule is O=c1ccn([C@@H]2O[C@H](CO)[C@@H](C(F)F)[C@H]2F)c(=O)[nH]1. The lowest BCUT2D eigenvalue weighted by atomic mass is 10.00. The molecular formula is C10H11F3N2O4. The van der Waals surface area contributed by atoms with Crippen LogP contribution in [0.25, 0.3) is 0 Å². The molecule has 1 fully saturated rings. The molecule has 6 nitrogen and oxygen atoms in total. The molecule has 106 valence electrons. The van der Waals surface area contributed by atoms with E-state index in [0.29, 0.717) is 4.57 Å². The molecule has 1 aromatic heterocycles. The summed E-state index contributed by atoms with van der Waals surface area (Å²) < 4.78 is 45.0. The lowest BCUT2D eigenvalue weighted by Gasteiger charge is -2.16. The van der Waals surface area contributed by atoms with E-state index in [-0.39, 0.29) is 0 Å². The Morgan fingerprint density at radius 3 is 2.63 bits per heavy atom. The van der Waals surface area contributed by atoms with Crippen LogP contribution >= 0.6 is 0 Å². The normalized spacial score (nSPS) is 31.0. The van der Waals surface area contributed by atoms with Crippen molar-refractivity contribution in [3.63, 3.8) is 0 Å². The number of nitrogens with zero attached hydrogens (tertiary/aromatic N) is 1. The van der Waals surface area contributed by atoms with Crippen molar-refractivity contribution in [3.8, 4) is 0 Å². The predicted molar refractivity (Wildman–Crippen MR) is 56.7 cm³/mol. The highest BCUT2D eigenvalue weighted by molar-refractivity contribution is 4.94. The van der Waals surface area contributed by atoms with Gasteiger partial charge in [0.15, 0.2) is 12.4 Å². The van der Waals surface area contributed by atoms with Gasteiger partial charge in [-0.1, -0.05) is 0 Å². The number of H-pyrrole nitrogens is 1. The Bertz CT molecular complexity index is 558. The molecule has 1 aromatic rings. The van der Waals surface area contributed by atoms with Gasteiger partial charge in [-0.25, -0.2) is 18.0 Å². The number of aliphatic hydroxyl groups is 1. The number of hydrogen-bond acceptors (Lipinski definition) is 4. The van der Waals surface area contributed by atoms with Crippen LogP contribution in [0.2, 0.25) is 0 Å².